The van der Waals surface area contributed by atoms with E-state index in [1.807, 2.05) is 0 Å². The second-order valence-electron chi connectivity index (χ2n) is 6.97. The Morgan fingerprint density at radius 3 is 2.19 bits per heavy atom. The largest absolute Gasteiger partial charge is 0.416 e. The van der Waals surface area contributed by atoms with E-state index in [1.165, 1.54) is 28.0 Å². The summed E-state index contributed by atoms with van der Waals surface area (Å²) in [5.74, 6) is -0.459. The second kappa shape index (κ2) is 8.69. The topological polar surface area (TPSA) is 122 Å². The summed E-state index contributed by atoms with van der Waals surface area (Å²) < 4.78 is 38.8. The Bertz CT molecular complexity index is 1070. The molecule has 2 aromatic carbocycles. The average Bonchev–Trinajstić information content (AvgIpc) is 2.77. The molecular weight excluding hydrogens is 435 g/mol. The van der Waals surface area contributed by atoms with Crippen molar-refractivity contribution in [2.24, 2.45) is 0 Å². The Kier molecular flexibility index (Phi) is 6.18. The van der Waals surface area contributed by atoms with Gasteiger partial charge in [0.2, 0.25) is 0 Å². The Morgan fingerprint density at radius 1 is 1.00 bits per heavy atom. The molecule has 3 rings (SSSR count). The Balaban J connectivity index is 1.80. The maximum atomic E-state index is 12.9. The van der Waals surface area contributed by atoms with E-state index in [0.717, 1.165) is 12.1 Å². The average molecular weight is 453 g/mol. The third-order valence-corrected chi connectivity index (χ3v) is 5.12. The van der Waals surface area contributed by atoms with Gasteiger partial charge in [0.25, 0.3) is 17.3 Å². The molecule has 1 heterocycles. The van der Waals surface area contributed by atoms with E-state index >= 15 is 0 Å². The lowest BCUT2D eigenvalue weighted by Gasteiger charge is -2.36. The van der Waals surface area contributed by atoms with Gasteiger partial charge in [0.1, 0.15) is 5.69 Å². The molecule has 0 radical (unpaired) electrons. The smallest absolute Gasteiger partial charge is 0.387 e. The number of amides is 1. The van der Waals surface area contributed by atoms with E-state index < -0.39 is 33.2 Å². The summed E-state index contributed by atoms with van der Waals surface area (Å²) in [7, 11) is 1.57. The number of carbonyl (C=O) groups excluding carboxylic acids is 1. The molecule has 1 aliphatic heterocycles. The molecule has 32 heavy (non-hydrogen) atoms. The summed E-state index contributed by atoms with van der Waals surface area (Å²) in [6, 6.07) is 6.19. The van der Waals surface area contributed by atoms with Crippen LogP contribution in [0.15, 0.2) is 36.4 Å². The van der Waals surface area contributed by atoms with Crippen LogP contribution in [0.5, 0.6) is 0 Å². The third kappa shape index (κ3) is 4.55. The number of anilines is 2. The van der Waals surface area contributed by atoms with Crippen LogP contribution in [0.2, 0.25) is 0 Å². The van der Waals surface area contributed by atoms with Gasteiger partial charge in [-0.15, -0.1) is 0 Å². The van der Waals surface area contributed by atoms with E-state index in [0.29, 0.717) is 11.8 Å². The molecule has 13 heteroatoms. The van der Waals surface area contributed by atoms with Gasteiger partial charge in [0.15, 0.2) is 0 Å². The van der Waals surface area contributed by atoms with Gasteiger partial charge < -0.3 is 15.1 Å². The number of benzene rings is 2. The van der Waals surface area contributed by atoms with Gasteiger partial charge in [0.05, 0.1) is 21.0 Å². The fraction of sp³-hybridized carbons (Fsp3) is 0.316. The number of nitro groups is 2. The first-order valence-electron chi connectivity index (χ1n) is 9.39. The number of halogens is 3. The quantitative estimate of drug-likeness (QED) is 0.543. The van der Waals surface area contributed by atoms with Gasteiger partial charge in [-0.25, -0.2) is 0 Å². The minimum Gasteiger partial charge on any atom is -0.387 e. The van der Waals surface area contributed by atoms with Crippen LogP contribution >= 0.6 is 0 Å². The molecule has 0 aliphatic carbocycles. The van der Waals surface area contributed by atoms with Crippen molar-refractivity contribution in [2.75, 3.05) is 43.4 Å². The molecule has 0 saturated carbocycles. The molecule has 0 spiro atoms. The molecule has 1 aliphatic rings. The van der Waals surface area contributed by atoms with Crippen molar-refractivity contribution < 1.29 is 27.8 Å². The van der Waals surface area contributed by atoms with Crippen LogP contribution in [0.1, 0.15) is 15.9 Å². The van der Waals surface area contributed by atoms with Gasteiger partial charge >= 0.3 is 6.18 Å². The molecule has 1 amide bonds. The van der Waals surface area contributed by atoms with Crippen LogP contribution in [0.3, 0.4) is 0 Å². The zero-order valence-corrected chi connectivity index (χ0v) is 16.8. The minimum absolute atomic E-state index is 0.0290. The Hall–Kier alpha value is -3.90. The van der Waals surface area contributed by atoms with Gasteiger partial charge in [-0.2, -0.15) is 13.2 Å². The number of nitro benzene ring substituents is 2. The van der Waals surface area contributed by atoms with Crippen molar-refractivity contribution in [1.29, 1.82) is 0 Å². The second-order valence-corrected chi connectivity index (χ2v) is 6.97. The first-order chi connectivity index (χ1) is 15.0. The number of hydrogen-bond donors (Lipinski definition) is 1. The van der Waals surface area contributed by atoms with Gasteiger partial charge in [-0.05, 0) is 18.2 Å². The van der Waals surface area contributed by atoms with E-state index in [4.69, 9.17) is 0 Å². The summed E-state index contributed by atoms with van der Waals surface area (Å²) in [4.78, 5) is 36.8. The maximum Gasteiger partial charge on any atom is 0.416 e. The summed E-state index contributed by atoms with van der Waals surface area (Å²) in [5, 5.41) is 25.2. The van der Waals surface area contributed by atoms with Gasteiger partial charge in [-0.3, -0.25) is 25.0 Å². The molecule has 1 fully saturated rings. The molecule has 170 valence electrons. The highest BCUT2D eigenvalue weighted by Crippen LogP contribution is 2.37. The van der Waals surface area contributed by atoms with E-state index in [1.54, 1.807) is 7.05 Å². The number of rotatable bonds is 5. The predicted molar refractivity (Wildman–Crippen MR) is 109 cm³/mol. The van der Waals surface area contributed by atoms with Gasteiger partial charge in [0, 0.05) is 57.1 Å². The monoisotopic (exact) mass is 453 g/mol. The van der Waals surface area contributed by atoms with Crippen molar-refractivity contribution in [1.82, 2.24) is 4.90 Å². The highest BCUT2D eigenvalue weighted by molar-refractivity contribution is 6.00. The molecule has 2 aromatic rings. The number of non-ortho nitro benzene ring substituents is 1. The van der Waals surface area contributed by atoms with Crippen LogP contribution in [-0.4, -0.2) is 53.9 Å². The lowest BCUT2D eigenvalue weighted by atomic mass is 10.1. The summed E-state index contributed by atoms with van der Waals surface area (Å²) in [5.41, 5.74) is -1.49. The van der Waals surface area contributed by atoms with Crippen LogP contribution in [0, 0.1) is 20.2 Å². The van der Waals surface area contributed by atoms with Crippen LogP contribution < -0.4 is 10.2 Å². The van der Waals surface area contributed by atoms with Crippen LogP contribution in [0.25, 0.3) is 0 Å². The van der Waals surface area contributed by atoms with Crippen molar-refractivity contribution in [2.45, 2.75) is 6.18 Å². The standard InChI is InChI=1S/C19H18F3N5O5/c1-23-15-4-3-13(26(29)30)11-14(15)18(28)25-8-6-24(7-9-25)16-5-2-12(19(20,21)22)10-17(16)27(31)32/h2-5,10-11,23H,6-9H2,1H3. The first kappa shape index (κ1) is 22.8. The van der Waals surface area contributed by atoms with Crippen molar-refractivity contribution in [3.63, 3.8) is 0 Å². The van der Waals surface area contributed by atoms with Crippen molar-refractivity contribution >= 4 is 28.7 Å². The first-order valence-corrected chi connectivity index (χ1v) is 9.39. The maximum absolute atomic E-state index is 12.9. The molecule has 0 aromatic heterocycles. The summed E-state index contributed by atoms with van der Waals surface area (Å²) in [6.07, 6.45) is -4.71. The number of carbonyl (C=O) groups is 1. The molecule has 1 N–H and O–H groups in total. The molecule has 0 unspecified atom stereocenters. The molecule has 1 saturated heterocycles. The van der Waals surface area contributed by atoms with Gasteiger partial charge in [-0.1, -0.05) is 0 Å². The van der Waals surface area contributed by atoms with E-state index in [9.17, 15) is 38.2 Å². The third-order valence-electron chi connectivity index (χ3n) is 5.12. The number of nitrogens with one attached hydrogen (secondary N) is 1. The number of nitrogens with zero attached hydrogens (tertiary/aromatic N) is 4. The number of hydrogen-bond acceptors (Lipinski definition) is 7. The van der Waals surface area contributed by atoms with E-state index in [-0.39, 0.29) is 43.1 Å². The normalized spacial score (nSPS) is 14.2. The zero-order valence-electron chi connectivity index (χ0n) is 16.8. The highest BCUT2D eigenvalue weighted by Gasteiger charge is 2.34. The highest BCUT2D eigenvalue weighted by atomic mass is 19.4. The fourth-order valence-electron chi connectivity index (χ4n) is 3.47. The summed E-state index contributed by atoms with van der Waals surface area (Å²) >= 11 is 0. The molecule has 0 bridgehead atoms. The van der Waals surface area contributed by atoms with Crippen molar-refractivity contribution in [3.05, 3.63) is 67.8 Å². The molecular formula is C19H18F3N5O5. The number of alkyl halides is 3. The predicted octanol–water partition coefficient (Wildman–Crippen LogP) is 3.53. The molecule has 0 atom stereocenters. The Labute approximate surface area is 179 Å². The Morgan fingerprint density at radius 2 is 1.66 bits per heavy atom. The SMILES string of the molecule is CNc1ccc([N+](=O)[O-])cc1C(=O)N1CCN(c2ccc(C(F)(F)F)cc2[N+](=O)[O-])CC1. The van der Waals surface area contributed by atoms with Crippen LogP contribution in [-0.2, 0) is 6.18 Å². The van der Waals surface area contributed by atoms with Crippen molar-refractivity contribution in [3.8, 4) is 0 Å². The molecule has 10 nitrogen and oxygen atoms in total. The minimum atomic E-state index is -4.71. The fourth-order valence-corrected chi connectivity index (χ4v) is 3.47. The van der Waals surface area contributed by atoms with E-state index in [2.05, 4.69) is 5.32 Å². The lowest BCUT2D eigenvalue weighted by molar-refractivity contribution is -0.384. The number of piperazine rings is 1. The zero-order chi connectivity index (χ0) is 23.6. The summed E-state index contributed by atoms with van der Waals surface area (Å²) in [6.45, 7) is 0.537. The lowest BCUT2D eigenvalue weighted by Crippen LogP contribution is -2.49. The van der Waals surface area contributed by atoms with Crippen LogP contribution in [0.4, 0.5) is 35.9 Å².